The second-order valence-corrected chi connectivity index (χ2v) is 5.50. The Bertz CT molecular complexity index is 521. The van der Waals surface area contributed by atoms with Crippen LogP contribution in [0.25, 0.3) is 11.6 Å². The van der Waals surface area contributed by atoms with Crippen molar-refractivity contribution in [1.82, 2.24) is 0 Å². The molecule has 0 radical (unpaired) electrons. The second-order valence-electron chi connectivity index (χ2n) is 5.50. The molecule has 0 atom stereocenters. The van der Waals surface area contributed by atoms with E-state index in [-0.39, 0.29) is 5.60 Å². The van der Waals surface area contributed by atoms with Gasteiger partial charge in [-0.1, -0.05) is 18.7 Å². The monoisotopic (exact) mass is 226 g/mol. The normalized spacial score (nSPS) is 20.5. The molecule has 1 aromatic carbocycles. The van der Waals surface area contributed by atoms with Gasteiger partial charge < -0.3 is 4.74 Å². The van der Waals surface area contributed by atoms with Crippen LogP contribution < -0.4 is 4.74 Å². The first-order valence-corrected chi connectivity index (χ1v) is 6.29. The van der Waals surface area contributed by atoms with Crippen molar-refractivity contribution in [2.24, 2.45) is 0 Å². The van der Waals surface area contributed by atoms with Gasteiger partial charge in [-0.3, -0.25) is 0 Å². The maximum atomic E-state index is 6.00. The lowest BCUT2D eigenvalue weighted by molar-refractivity contribution is 0.159. The average Bonchev–Trinajstić information content (AvgIpc) is 2.27. The van der Waals surface area contributed by atoms with Crippen LogP contribution in [-0.2, 0) is 6.42 Å². The molecule has 1 heterocycles. The molecule has 0 saturated carbocycles. The van der Waals surface area contributed by atoms with E-state index < -0.39 is 0 Å². The van der Waals surface area contributed by atoms with Gasteiger partial charge in [-0.25, -0.2) is 0 Å². The SMILES string of the molecule is C=C1CCCc2c1ccc1c2C=CC(C)(C)O1. The molecule has 0 fully saturated rings. The molecule has 0 bridgehead atoms. The molecule has 0 unspecified atom stereocenters. The lowest BCUT2D eigenvalue weighted by Crippen LogP contribution is -2.28. The lowest BCUT2D eigenvalue weighted by atomic mass is 9.84. The van der Waals surface area contributed by atoms with Crippen molar-refractivity contribution in [3.63, 3.8) is 0 Å². The first-order chi connectivity index (χ1) is 8.07. The zero-order valence-electron chi connectivity index (χ0n) is 10.5. The van der Waals surface area contributed by atoms with Gasteiger partial charge in [-0.2, -0.15) is 0 Å². The van der Waals surface area contributed by atoms with E-state index in [0.29, 0.717) is 0 Å². The maximum absolute atomic E-state index is 6.00. The zero-order valence-corrected chi connectivity index (χ0v) is 10.5. The van der Waals surface area contributed by atoms with E-state index in [4.69, 9.17) is 4.74 Å². The van der Waals surface area contributed by atoms with E-state index in [2.05, 4.69) is 44.7 Å². The molecule has 0 saturated heterocycles. The van der Waals surface area contributed by atoms with Crippen LogP contribution in [0.5, 0.6) is 5.75 Å². The second kappa shape index (κ2) is 3.49. The van der Waals surface area contributed by atoms with Gasteiger partial charge in [0.15, 0.2) is 0 Å². The Kier molecular flexibility index (Phi) is 2.19. The topological polar surface area (TPSA) is 9.23 Å². The van der Waals surface area contributed by atoms with Gasteiger partial charge >= 0.3 is 0 Å². The highest BCUT2D eigenvalue weighted by molar-refractivity contribution is 5.76. The van der Waals surface area contributed by atoms with E-state index >= 15 is 0 Å². The average molecular weight is 226 g/mol. The maximum Gasteiger partial charge on any atom is 0.128 e. The number of allylic oxidation sites excluding steroid dienone is 1. The van der Waals surface area contributed by atoms with Crippen LogP contribution in [0.1, 0.15) is 43.4 Å². The first kappa shape index (κ1) is 10.6. The quantitative estimate of drug-likeness (QED) is 0.643. The van der Waals surface area contributed by atoms with Gasteiger partial charge in [0.05, 0.1) is 0 Å². The Hall–Kier alpha value is -1.50. The summed E-state index contributed by atoms with van der Waals surface area (Å²) >= 11 is 0. The van der Waals surface area contributed by atoms with Gasteiger partial charge in [0.2, 0.25) is 0 Å². The number of fused-ring (bicyclic) bond motifs is 3. The number of ether oxygens (including phenoxy) is 1. The highest BCUT2D eigenvalue weighted by atomic mass is 16.5. The molecular weight excluding hydrogens is 208 g/mol. The molecule has 0 spiro atoms. The van der Waals surface area contributed by atoms with E-state index in [1.807, 2.05) is 0 Å². The molecule has 88 valence electrons. The molecule has 2 aliphatic rings. The third kappa shape index (κ3) is 1.70. The number of hydrogen-bond donors (Lipinski definition) is 0. The molecule has 0 amide bonds. The summed E-state index contributed by atoms with van der Waals surface area (Å²) < 4.78 is 6.00. The largest absolute Gasteiger partial charge is 0.483 e. The Morgan fingerprint density at radius 1 is 1.24 bits per heavy atom. The molecule has 1 aromatic rings. The minimum absolute atomic E-state index is 0.188. The van der Waals surface area contributed by atoms with Crippen molar-refractivity contribution in [3.8, 4) is 5.75 Å². The van der Waals surface area contributed by atoms with Crippen LogP contribution in [0.15, 0.2) is 24.8 Å². The predicted molar refractivity (Wildman–Crippen MR) is 72.2 cm³/mol. The van der Waals surface area contributed by atoms with Crippen molar-refractivity contribution >= 4 is 11.6 Å². The highest BCUT2D eigenvalue weighted by Gasteiger charge is 2.25. The Morgan fingerprint density at radius 2 is 2.06 bits per heavy atom. The Balaban J connectivity index is 2.16. The van der Waals surface area contributed by atoms with Crippen LogP contribution in [0.2, 0.25) is 0 Å². The summed E-state index contributed by atoms with van der Waals surface area (Å²) in [7, 11) is 0. The fourth-order valence-electron chi connectivity index (χ4n) is 2.73. The van der Waals surface area contributed by atoms with Crippen LogP contribution in [0.4, 0.5) is 0 Å². The zero-order chi connectivity index (χ0) is 12.0. The molecule has 1 aliphatic heterocycles. The first-order valence-electron chi connectivity index (χ1n) is 6.29. The van der Waals surface area contributed by atoms with E-state index in [1.54, 1.807) is 0 Å². The summed E-state index contributed by atoms with van der Waals surface area (Å²) in [6.45, 7) is 8.34. The molecule has 3 rings (SSSR count). The van der Waals surface area contributed by atoms with Gasteiger partial charge in [0.25, 0.3) is 0 Å². The van der Waals surface area contributed by atoms with E-state index in [9.17, 15) is 0 Å². The fourth-order valence-corrected chi connectivity index (χ4v) is 2.73. The van der Waals surface area contributed by atoms with Crippen LogP contribution >= 0.6 is 0 Å². The lowest BCUT2D eigenvalue weighted by Gasteiger charge is -2.31. The Morgan fingerprint density at radius 3 is 2.88 bits per heavy atom. The van der Waals surface area contributed by atoms with Crippen LogP contribution in [-0.4, -0.2) is 5.60 Å². The molecule has 1 nitrogen and oxygen atoms in total. The van der Waals surface area contributed by atoms with E-state index in [1.165, 1.54) is 28.7 Å². The molecular formula is C16H18O. The molecule has 0 aromatic heterocycles. The minimum atomic E-state index is -0.188. The highest BCUT2D eigenvalue weighted by Crippen LogP contribution is 2.40. The number of hydrogen-bond acceptors (Lipinski definition) is 1. The minimum Gasteiger partial charge on any atom is -0.483 e. The summed E-state index contributed by atoms with van der Waals surface area (Å²) in [4.78, 5) is 0. The number of benzene rings is 1. The summed E-state index contributed by atoms with van der Waals surface area (Å²) in [5.74, 6) is 1.02. The van der Waals surface area contributed by atoms with Gasteiger partial charge in [-0.05, 0) is 62.0 Å². The summed E-state index contributed by atoms with van der Waals surface area (Å²) in [5.41, 5.74) is 5.11. The van der Waals surface area contributed by atoms with Gasteiger partial charge in [-0.15, -0.1) is 0 Å². The van der Waals surface area contributed by atoms with Gasteiger partial charge in [0.1, 0.15) is 11.4 Å². The predicted octanol–water partition coefficient (Wildman–Crippen LogP) is 4.22. The van der Waals surface area contributed by atoms with Crippen LogP contribution in [0, 0.1) is 0 Å². The molecule has 0 N–H and O–H groups in total. The van der Waals surface area contributed by atoms with Crippen molar-refractivity contribution in [2.75, 3.05) is 0 Å². The third-order valence-electron chi connectivity index (χ3n) is 3.63. The summed E-state index contributed by atoms with van der Waals surface area (Å²) in [6.07, 6.45) is 7.84. The van der Waals surface area contributed by atoms with E-state index in [0.717, 1.165) is 18.6 Å². The molecule has 1 aliphatic carbocycles. The summed E-state index contributed by atoms with van der Waals surface area (Å²) in [5, 5.41) is 0. The van der Waals surface area contributed by atoms with Gasteiger partial charge in [0, 0.05) is 5.56 Å². The van der Waals surface area contributed by atoms with Crippen LogP contribution in [0.3, 0.4) is 0 Å². The number of rotatable bonds is 0. The van der Waals surface area contributed by atoms with Crippen molar-refractivity contribution in [3.05, 3.63) is 41.5 Å². The fraction of sp³-hybridized carbons (Fsp3) is 0.375. The molecule has 17 heavy (non-hydrogen) atoms. The van der Waals surface area contributed by atoms with Crippen molar-refractivity contribution in [2.45, 2.75) is 38.7 Å². The smallest absolute Gasteiger partial charge is 0.128 e. The third-order valence-corrected chi connectivity index (χ3v) is 3.63. The standard InChI is InChI=1S/C16H18O/c1-11-5-4-6-13-12(11)7-8-15-14(13)9-10-16(2,3)17-15/h7-10H,1,4-6H2,2-3H3. The van der Waals surface area contributed by atoms with Crippen molar-refractivity contribution in [1.29, 1.82) is 0 Å². The Labute approximate surface area is 103 Å². The summed E-state index contributed by atoms with van der Waals surface area (Å²) in [6, 6.07) is 4.26. The van der Waals surface area contributed by atoms with Crippen molar-refractivity contribution < 1.29 is 4.74 Å². The molecule has 1 heteroatoms.